The van der Waals surface area contributed by atoms with Crippen molar-refractivity contribution in [1.82, 2.24) is 15.5 Å². The molecule has 2 N–H and O–H groups in total. The SMILES string of the molecule is O=C(NC1CCCCC1)C1CCN(C(=O)NC2CC2)CC1. The van der Waals surface area contributed by atoms with Crippen molar-refractivity contribution in [3.8, 4) is 0 Å². The molecule has 5 nitrogen and oxygen atoms in total. The molecular formula is C16H27N3O2. The molecule has 0 aromatic carbocycles. The van der Waals surface area contributed by atoms with Crippen LogP contribution in [0.15, 0.2) is 0 Å². The number of amides is 3. The molecule has 2 aliphatic carbocycles. The Morgan fingerprint density at radius 2 is 1.38 bits per heavy atom. The van der Waals surface area contributed by atoms with Crippen LogP contribution in [0.2, 0.25) is 0 Å². The summed E-state index contributed by atoms with van der Waals surface area (Å²) >= 11 is 0. The Morgan fingerprint density at radius 1 is 0.762 bits per heavy atom. The second-order valence-electron chi connectivity index (χ2n) is 6.83. The van der Waals surface area contributed by atoms with E-state index < -0.39 is 0 Å². The number of piperidine rings is 1. The zero-order valence-electron chi connectivity index (χ0n) is 12.8. The minimum Gasteiger partial charge on any atom is -0.353 e. The summed E-state index contributed by atoms with van der Waals surface area (Å²) in [4.78, 5) is 26.1. The van der Waals surface area contributed by atoms with E-state index >= 15 is 0 Å². The molecule has 3 rings (SSSR count). The van der Waals surface area contributed by atoms with E-state index in [4.69, 9.17) is 0 Å². The summed E-state index contributed by atoms with van der Waals surface area (Å²) in [7, 11) is 0. The Labute approximate surface area is 126 Å². The van der Waals surface area contributed by atoms with Crippen molar-refractivity contribution in [2.24, 2.45) is 5.92 Å². The minimum atomic E-state index is 0.0589. The van der Waals surface area contributed by atoms with Crippen LogP contribution in [0, 0.1) is 5.92 Å². The van der Waals surface area contributed by atoms with Crippen LogP contribution in [0.1, 0.15) is 57.8 Å². The maximum absolute atomic E-state index is 12.3. The zero-order valence-corrected chi connectivity index (χ0v) is 12.8. The van der Waals surface area contributed by atoms with Crippen molar-refractivity contribution in [1.29, 1.82) is 0 Å². The molecule has 1 aliphatic heterocycles. The monoisotopic (exact) mass is 293 g/mol. The molecule has 1 saturated heterocycles. The van der Waals surface area contributed by atoms with E-state index in [1.165, 1.54) is 19.3 Å². The molecule has 0 spiro atoms. The van der Waals surface area contributed by atoms with Gasteiger partial charge in [0.05, 0.1) is 0 Å². The van der Waals surface area contributed by atoms with Crippen LogP contribution in [0.5, 0.6) is 0 Å². The van der Waals surface area contributed by atoms with Crippen molar-refractivity contribution in [3.63, 3.8) is 0 Å². The van der Waals surface area contributed by atoms with Crippen LogP contribution in [0.3, 0.4) is 0 Å². The first-order valence-electron chi connectivity index (χ1n) is 8.58. The molecule has 0 atom stereocenters. The summed E-state index contributed by atoms with van der Waals surface area (Å²) in [6.07, 6.45) is 9.89. The fourth-order valence-corrected chi connectivity index (χ4v) is 3.40. The van der Waals surface area contributed by atoms with E-state index in [9.17, 15) is 9.59 Å². The third-order valence-corrected chi connectivity index (χ3v) is 5.01. The largest absolute Gasteiger partial charge is 0.353 e. The predicted molar refractivity (Wildman–Crippen MR) is 80.9 cm³/mol. The molecule has 1 heterocycles. The van der Waals surface area contributed by atoms with Gasteiger partial charge in [0, 0.05) is 31.1 Å². The molecular weight excluding hydrogens is 266 g/mol. The van der Waals surface area contributed by atoms with Gasteiger partial charge < -0.3 is 15.5 Å². The number of hydrogen-bond donors (Lipinski definition) is 2. The Kier molecular flexibility index (Phi) is 4.66. The number of nitrogens with zero attached hydrogens (tertiary/aromatic N) is 1. The smallest absolute Gasteiger partial charge is 0.317 e. The van der Waals surface area contributed by atoms with E-state index in [-0.39, 0.29) is 17.9 Å². The molecule has 21 heavy (non-hydrogen) atoms. The maximum atomic E-state index is 12.3. The number of hydrogen-bond acceptors (Lipinski definition) is 2. The number of urea groups is 1. The Bertz CT molecular complexity index is 381. The Balaban J connectivity index is 1.39. The normalized spacial score (nSPS) is 24.7. The molecule has 3 amide bonds. The summed E-state index contributed by atoms with van der Waals surface area (Å²) in [5, 5.41) is 6.24. The highest BCUT2D eigenvalue weighted by Gasteiger charge is 2.31. The lowest BCUT2D eigenvalue weighted by atomic mass is 9.92. The van der Waals surface area contributed by atoms with Gasteiger partial charge in [-0.25, -0.2) is 4.79 Å². The van der Waals surface area contributed by atoms with E-state index in [1.54, 1.807) is 0 Å². The molecule has 118 valence electrons. The summed E-state index contributed by atoms with van der Waals surface area (Å²) in [6.45, 7) is 1.42. The van der Waals surface area contributed by atoms with Gasteiger partial charge in [0.2, 0.25) is 5.91 Å². The number of carbonyl (C=O) groups is 2. The van der Waals surface area contributed by atoms with Crippen LogP contribution in [-0.4, -0.2) is 42.0 Å². The average Bonchev–Trinajstić information content (AvgIpc) is 3.32. The van der Waals surface area contributed by atoms with Gasteiger partial charge in [0.25, 0.3) is 0 Å². The first kappa shape index (κ1) is 14.7. The summed E-state index contributed by atoms with van der Waals surface area (Å²) < 4.78 is 0. The standard InChI is InChI=1S/C16H27N3O2/c20-15(17-13-4-2-1-3-5-13)12-8-10-19(11-9-12)16(21)18-14-6-7-14/h12-14H,1-11H2,(H,17,20)(H,18,21). The predicted octanol–water partition coefficient (Wildman–Crippen LogP) is 2.02. The van der Waals surface area contributed by atoms with Crippen LogP contribution in [0.25, 0.3) is 0 Å². The van der Waals surface area contributed by atoms with Crippen molar-refractivity contribution < 1.29 is 9.59 Å². The zero-order chi connectivity index (χ0) is 14.7. The second kappa shape index (κ2) is 6.67. The number of likely N-dealkylation sites (tertiary alicyclic amines) is 1. The van der Waals surface area contributed by atoms with Crippen LogP contribution < -0.4 is 10.6 Å². The molecule has 0 unspecified atom stereocenters. The van der Waals surface area contributed by atoms with Gasteiger partial charge in [-0.1, -0.05) is 19.3 Å². The van der Waals surface area contributed by atoms with E-state index in [0.717, 1.165) is 38.5 Å². The van der Waals surface area contributed by atoms with Gasteiger partial charge in [0.15, 0.2) is 0 Å². The minimum absolute atomic E-state index is 0.0589. The third kappa shape index (κ3) is 4.11. The fourth-order valence-electron chi connectivity index (χ4n) is 3.40. The second-order valence-corrected chi connectivity index (χ2v) is 6.83. The molecule has 0 aromatic heterocycles. The molecule has 0 bridgehead atoms. The van der Waals surface area contributed by atoms with E-state index in [0.29, 0.717) is 25.2 Å². The average molecular weight is 293 g/mol. The highest BCUT2D eigenvalue weighted by Crippen LogP contribution is 2.22. The van der Waals surface area contributed by atoms with Crippen molar-refractivity contribution in [3.05, 3.63) is 0 Å². The Morgan fingerprint density at radius 3 is 2.00 bits per heavy atom. The maximum Gasteiger partial charge on any atom is 0.317 e. The molecule has 3 fully saturated rings. The first-order chi connectivity index (χ1) is 10.2. The van der Waals surface area contributed by atoms with Crippen LogP contribution >= 0.6 is 0 Å². The van der Waals surface area contributed by atoms with Crippen molar-refractivity contribution >= 4 is 11.9 Å². The third-order valence-electron chi connectivity index (χ3n) is 5.01. The highest BCUT2D eigenvalue weighted by atomic mass is 16.2. The van der Waals surface area contributed by atoms with Gasteiger partial charge in [-0.05, 0) is 38.5 Å². The number of nitrogens with one attached hydrogen (secondary N) is 2. The van der Waals surface area contributed by atoms with E-state index in [1.807, 2.05) is 4.90 Å². The Hall–Kier alpha value is -1.26. The molecule has 2 saturated carbocycles. The molecule has 0 aromatic rings. The lowest BCUT2D eigenvalue weighted by Crippen LogP contribution is -2.48. The first-order valence-corrected chi connectivity index (χ1v) is 8.58. The lowest BCUT2D eigenvalue weighted by Gasteiger charge is -2.32. The molecule has 0 radical (unpaired) electrons. The topological polar surface area (TPSA) is 61.4 Å². The number of carbonyl (C=O) groups excluding carboxylic acids is 2. The number of rotatable bonds is 3. The van der Waals surface area contributed by atoms with Crippen LogP contribution in [0.4, 0.5) is 4.79 Å². The quantitative estimate of drug-likeness (QED) is 0.836. The molecule has 5 heteroatoms. The van der Waals surface area contributed by atoms with Crippen molar-refractivity contribution in [2.45, 2.75) is 69.9 Å². The van der Waals surface area contributed by atoms with Gasteiger partial charge in [-0.3, -0.25) is 4.79 Å². The van der Waals surface area contributed by atoms with Crippen LogP contribution in [-0.2, 0) is 4.79 Å². The molecule has 3 aliphatic rings. The van der Waals surface area contributed by atoms with Gasteiger partial charge in [0.1, 0.15) is 0 Å². The van der Waals surface area contributed by atoms with E-state index in [2.05, 4.69) is 10.6 Å². The fraction of sp³-hybridized carbons (Fsp3) is 0.875. The van der Waals surface area contributed by atoms with Gasteiger partial charge in [-0.15, -0.1) is 0 Å². The van der Waals surface area contributed by atoms with Gasteiger partial charge in [-0.2, -0.15) is 0 Å². The van der Waals surface area contributed by atoms with Crippen molar-refractivity contribution in [2.75, 3.05) is 13.1 Å². The highest BCUT2D eigenvalue weighted by molar-refractivity contribution is 5.80. The lowest BCUT2D eigenvalue weighted by molar-refractivity contribution is -0.127. The van der Waals surface area contributed by atoms with Gasteiger partial charge >= 0.3 is 6.03 Å². The summed E-state index contributed by atoms with van der Waals surface area (Å²) in [5.41, 5.74) is 0. The summed E-state index contributed by atoms with van der Waals surface area (Å²) in [6, 6.07) is 0.857. The summed E-state index contributed by atoms with van der Waals surface area (Å²) in [5.74, 6) is 0.307.